The average Bonchev–Trinajstić information content (AvgIpc) is 2.46. The lowest BCUT2D eigenvalue weighted by Gasteiger charge is -2.10. The summed E-state index contributed by atoms with van der Waals surface area (Å²) < 4.78 is 36.1. The van der Waals surface area contributed by atoms with Crippen LogP contribution < -0.4 is 4.90 Å². The SMILES string of the molecule is C=C(C)C(=O)OCC[NH+](C)CC.Cc1ccc(S(=O)(=O)[O-])cc1. The molecule has 1 unspecified atom stereocenters. The third kappa shape index (κ3) is 9.83. The van der Waals surface area contributed by atoms with Gasteiger partial charge < -0.3 is 14.2 Å². The highest BCUT2D eigenvalue weighted by Gasteiger charge is 2.04. The molecule has 1 atom stereocenters. The van der Waals surface area contributed by atoms with Crippen molar-refractivity contribution in [3.8, 4) is 0 Å². The van der Waals surface area contributed by atoms with Crippen LogP contribution in [0.15, 0.2) is 41.3 Å². The summed E-state index contributed by atoms with van der Waals surface area (Å²) >= 11 is 0. The van der Waals surface area contributed by atoms with Crippen molar-refractivity contribution < 1.29 is 27.4 Å². The van der Waals surface area contributed by atoms with Crippen LogP contribution >= 0.6 is 0 Å². The van der Waals surface area contributed by atoms with Crippen LogP contribution in [0.1, 0.15) is 19.4 Å². The van der Waals surface area contributed by atoms with E-state index < -0.39 is 10.1 Å². The van der Waals surface area contributed by atoms with Crippen LogP contribution in [-0.2, 0) is 19.6 Å². The summed E-state index contributed by atoms with van der Waals surface area (Å²) in [6, 6.07) is 5.78. The smallest absolute Gasteiger partial charge is 0.333 e. The number of aryl methyl sites for hydroxylation is 1. The van der Waals surface area contributed by atoms with Crippen molar-refractivity contribution >= 4 is 16.1 Å². The average molecular weight is 343 g/mol. The molecule has 23 heavy (non-hydrogen) atoms. The number of nitrogens with one attached hydrogen (secondary N) is 1. The Bertz CT molecular complexity index is 608. The van der Waals surface area contributed by atoms with Crippen molar-refractivity contribution in [3.05, 3.63) is 42.0 Å². The van der Waals surface area contributed by atoms with E-state index in [1.165, 1.54) is 17.0 Å². The third-order valence-corrected chi connectivity index (χ3v) is 3.87. The highest BCUT2D eigenvalue weighted by atomic mass is 32.2. The van der Waals surface area contributed by atoms with E-state index in [1.807, 2.05) is 6.92 Å². The Morgan fingerprint density at radius 1 is 1.30 bits per heavy atom. The number of benzene rings is 1. The largest absolute Gasteiger partial charge is 0.744 e. The van der Waals surface area contributed by atoms with Gasteiger partial charge in [-0.25, -0.2) is 13.2 Å². The van der Waals surface area contributed by atoms with Gasteiger partial charge in [0.05, 0.1) is 18.5 Å². The van der Waals surface area contributed by atoms with Crippen molar-refractivity contribution in [2.45, 2.75) is 25.7 Å². The third-order valence-electron chi connectivity index (χ3n) is 3.02. The van der Waals surface area contributed by atoms with Gasteiger partial charge in [-0.1, -0.05) is 24.3 Å². The molecular weight excluding hydrogens is 318 g/mol. The first kappa shape index (κ1) is 21.3. The van der Waals surface area contributed by atoms with E-state index in [1.54, 1.807) is 19.1 Å². The summed E-state index contributed by atoms with van der Waals surface area (Å²) in [7, 11) is -2.21. The molecule has 0 bridgehead atoms. The van der Waals surface area contributed by atoms with E-state index in [2.05, 4.69) is 20.6 Å². The molecular formula is C16H25NO5S. The number of hydrogen-bond donors (Lipinski definition) is 1. The molecule has 7 heteroatoms. The molecule has 130 valence electrons. The van der Waals surface area contributed by atoms with Crippen molar-refractivity contribution in [3.63, 3.8) is 0 Å². The van der Waals surface area contributed by atoms with Crippen LogP contribution in [0.3, 0.4) is 0 Å². The molecule has 0 aliphatic carbocycles. The van der Waals surface area contributed by atoms with Gasteiger partial charge in [0, 0.05) is 5.57 Å². The second-order valence-electron chi connectivity index (χ2n) is 5.24. The van der Waals surface area contributed by atoms with Gasteiger partial charge in [0.25, 0.3) is 0 Å². The number of carbonyl (C=O) groups is 1. The summed E-state index contributed by atoms with van der Waals surface area (Å²) in [5.41, 5.74) is 1.39. The standard InChI is InChI=1S/C9H17NO2.C7H8O3S/c1-5-10(4)6-7-12-9(11)8(2)3;1-6-2-4-7(5-3-6)11(8,9)10/h2,5-7H2,1,3-4H3;2-5H,1H3,(H,8,9,10). The minimum Gasteiger partial charge on any atom is -0.744 e. The number of rotatable bonds is 6. The van der Waals surface area contributed by atoms with Gasteiger partial charge in [-0.15, -0.1) is 0 Å². The highest BCUT2D eigenvalue weighted by molar-refractivity contribution is 7.85. The van der Waals surface area contributed by atoms with Crippen LogP contribution in [0, 0.1) is 6.92 Å². The normalized spacial score (nSPS) is 11.9. The zero-order valence-corrected chi connectivity index (χ0v) is 14.9. The van der Waals surface area contributed by atoms with E-state index in [-0.39, 0.29) is 10.9 Å². The maximum atomic E-state index is 10.9. The van der Waals surface area contributed by atoms with Crippen molar-refractivity contribution in [2.75, 3.05) is 26.7 Å². The number of ether oxygens (including phenoxy) is 1. The zero-order valence-electron chi connectivity index (χ0n) is 14.1. The van der Waals surface area contributed by atoms with Gasteiger partial charge in [-0.2, -0.15) is 0 Å². The first-order valence-electron chi connectivity index (χ1n) is 7.24. The number of carbonyl (C=O) groups excluding carboxylic acids is 1. The van der Waals surface area contributed by atoms with Gasteiger partial charge >= 0.3 is 5.97 Å². The molecule has 1 aromatic carbocycles. The molecule has 1 aromatic rings. The predicted octanol–water partition coefficient (Wildman–Crippen LogP) is 0.539. The Kier molecular flexibility index (Phi) is 9.40. The van der Waals surface area contributed by atoms with Gasteiger partial charge in [0.1, 0.15) is 23.3 Å². The van der Waals surface area contributed by atoms with Gasteiger partial charge in [0.2, 0.25) is 0 Å². The Labute approximate surface area is 138 Å². The maximum absolute atomic E-state index is 10.9. The fraction of sp³-hybridized carbons (Fsp3) is 0.438. The van der Waals surface area contributed by atoms with Gasteiger partial charge in [-0.05, 0) is 32.9 Å². The van der Waals surface area contributed by atoms with E-state index in [0.29, 0.717) is 12.2 Å². The predicted molar refractivity (Wildman–Crippen MR) is 87.2 cm³/mol. The Balaban J connectivity index is 0.000000422. The molecule has 0 spiro atoms. The second-order valence-corrected chi connectivity index (χ2v) is 6.62. The monoisotopic (exact) mass is 343 g/mol. The van der Waals surface area contributed by atoms with E-state index in [0.717, 1.165) is 18.7 Å². The first-order chi connectivity index (χ1) is 10.6. The topological polar surface area (TPSA) is 87.9 Å². The molecule has 1 N–H and O–H groups in total. The lowest BCUT2D eigenvalue weighted by atomic mass is 10.2. The summed E-state index contributed by atoms with van der Waals surface area (Å²) in [5, 5.41) is 0. The number of esters is 1. The summed E-state index contributed by atoms with van der Waals surface area (Å²) in [6.07, 6.45) is 0. The van der Waals surface area contributed by atoms with E-state index in [9.17, 15) is 17.8 Å². The fourth-order valence-corrected chi connectivity index (χ4v) is 1.79. The van der Waals surface area contributed by atoms with Gasteiger partial charge in [-0.3, -0.25) is 0 Å². The molecule has 6 nitrogen and oxygen atoms in total. The minimum absolute atomic E-state index is 0.178. The molecule has 0 amide bonds. The molecule has 0 heterocycles. The quantitative estimate of drug-likeness (QED) is 0.463. The van der Waals surface area contributed by atoms with Crippen molar-refractivity contribution in [1.29, 1.82) is 0 Å². The van der Waals surface area contributed by atoms with Crippen molar-refractivity contribution in [1.82, 2.24) is 0 Å². The molecule has 0 radical (unpaired) electrons. The molecule has 0 fully saturated rings. The molecule has 0 saturated heterocycles. The van der Waals surface area contributed by atoms with Crippen LogP contribution in [0.2, 0.25) is 0 Å². The molecule has 0 aromatic heterocycles. The van der Waals surface area contributed by atoms with Crippen LogP contribution in [0.4, 0.5) is 0 Å². The summed E-state index contributed by atoms with van der Waals surface area (Å²) in [6.45, 7) is 11.4. The lowest BCUT2D eigenvalue weighted by molar-refractivity contribution is -0.877. The number of quaternary nitrogens is 1. The lowest BCUT2D eigenvalue weighted by Crippen LogP contribution is -3.09. The fourth-order valence-electron chi connectivity index (χ4n) is 1.32. The maximum Gasteiger partial charge on any atom is 0.333 e. The second kappa shape index (κ2) is 10.1. The van der Waals surface area contributed by atoms with Crippen molar-refractivity contribution in [2.24, 2.45) is 0 Å². The van der Waals surface area contributed by atoms with Crippen LogP contribution in [0.5, 0.6) is 0 Å². The zero-order chi connectivity index (χ0) is 18.0. The van der Waals surface area contributed by atoms with Gasteiger partial charge in [0.15, 0.2) is 0 Å². The molecule has 1 rings (SSSR count). The summed E-state index contributed by atoms with van der Waals surface area (Å²) in [5.74, 6) is -0.293. The summed E-state index contributed by atoms with van der Waals surface area (Å²) in [4.78, 5) is 12.1. The number of likely N-dealkylation sites (N-methyl/N-ethyl adjacent to an activating group) is 1. The van der Waals surface area contributed by atoms with E-state index >= 15 is 0 Å². The highest BCUT2D eigenvalue weighted by Crippen LogP contribution is 2.08. The van der Waals surface area contributed by atoms with Crippen LogP contribution in [0.25, 0.3) is 0 Å². The molecule has 0 aliphatic heterocycles. The first-order valence-corrected chi connectivity index (χ1v) is 8.65. The Morgan fingerprint density at radius 3 is 2.22 bits per heavy atom. The number of hydrogen-bond acceptors (Lipinski definition) is 5. The molecule has 0 aliphatic rings. The van der Waals surface area contributed by atoms with Crippen LogP contribution in [-0.4, -0.2) is 45.7 Å². The molecule has 0 saturated carbocycles. The van der Waals surface area contributed by atoms with E-state index in [4.69, 9.17) is 4.74 Å². The Morgan fingerprint density at radius 2 is 1.83 bits per heavy atom. The minimum atomic E-state index is -4.27. The Hall–Kier alpha value is -1.70.